The van der Waals surface area contributed by atoms with Crippen molar-refractivity contribution in [3.05, 3.63) is 73.8 Å². The van der Waals surface area contributed by atoms with Gasteiger partial charge in [0.15, 0.2) is 0 Å². The van der Waals surface area contributed by atoms with Crippen LogP contribution in [0.2, 0.25) is 0 Å². The van der Waals surface area contributed by atoms with Crippen molar-refractivity contribution in [1.29, 1.82) is 0 Å². The molecule has 0 spiro atoms. The van der Waals surface area contributed by atoms with Crippen LogP contribution in [0.4, 0.5) is 11.4 Å². The molecule has 0 aromatic heterocycles. The predicted octanol–water partition coefficient (Wildman–Crippen LogP) is 3.00. The molecule has 2 rings (SSSR count). The molecular weight excluding hydrogens is 330 g/mol. The topological polar surface area (TPSA) is 125 Å². The van der Waals surface area contributed by atoms with Gasteiger partial charge >= 0.3 is 0 Å². The lowest BCUT2D eigenvalue weighted by atomic mass is 10.1. The summed E-state index contributed by atoms with van der Waals surface area (Å²) in [5.41, 5.74) is -0.400. The molecule has 0 bridgehead atoms. The zero-order chi connectivity index (χ0) is 18.6. The van der Waals surface area contributed by atoms with E-state index in [0.29, 0.717) is 5.75 Å². The lowest BCUT2D eigenvalue weighted by Gasteiger charge is -2.14. The maximum Gasteiger partial charge on any atom is 0.277 e. The molecule has 2 aromatic rings. The number of nitro groups is 2. The number of hydrogen-bond donors (Lipinski definition) is 1. The smallest absolute Gasteiger partial charge is 0.277 e. The Balaban J connectivity index is 2.24. The standard InChI is InChI=1S/C16H15N3O6/c1-10(11-3-5-15(25-2)6-4-11)17-16(20)12-7-13(18(21)22)9-14(8-12)19(23)24/h3-10H,1-2H3,(H,17,20)/t10-/m1/s1. The number of carbonyl (C=O) groups excluding carboxylic acids is 1. The Kier molecular flexibility index (Phi) is 5.28. The first-order valence-corrected chi connectivity index (χ1v) is 7.20. The molecule has 0 saturated heterocycles. The van der Waals surface area contributed by atoms with Crippen LogP contribution in [0.5, 0.6) is 5.75 Å². The number of amides is 1. The molecule has 0 radical (unpaired) electrons. The number of ether oxygens (including phenoxy) is 1. The summed E-state index contributed by atoms with van der Waals surface area (Å²) < 4.78 is 5.06. The zero-order valence-corrected chi connectivity index (χ0v) is 13.5. The molecule has 0 unspecified atom stereocenters. The summed E-state index contributed by atoms with van der Waals surface area (Å²) in [6, 6.07) is 9.40. The molecule has 2 aromatic carbocycles. The van der Waals surface area contributed by atoms with Gasteiger partial charge in [-0.2, -0.15) is 0 Å². The highest BCUT2D eigenvalue weighted by Crippen LogP contribution is 2.23. The van der Waals surface area contributed by atoms with Crippen molar-refractivity contribution in [3.8, 4) is 5.75 Å². The van der Waals surface area contributed by atoms with Crippen molar-refractivity contribution >= 4 is 17.3 Å². The Morgan fingerprint density at radius 1 is 1.04 bits per heavy atom. The van der Waals surface area contributed by atoms with E-state index in [0.717, 1.165) is 23.8 Å². The number of nitro benzene ring substituents is 2. The second-order valence-electron chi connectivity index (χ2n) is 5.22. The van der Waals surface area contributed by atoms with E-state index in [-0.39, 0.29) is 5.56 Å². The van der Waals surface area contributed by atoms with Gasteiger partial charge in [-0.3, -0.25) is 25.0 Å². The molecule has 1 amide bonds. The van der Waals surface area contributed by atoms with E-state index in [1.165, 1.54) is 7.11 Å². The van der Waals surface area contributed by atoms with Crippen molar-refractivity contribution in [3.63, 3.8) is 0 Å². The molecular formula is C16H15N3O6. The molecule has 1 atom stereocenters. The van der Waals surface area contributed by atoms with Crippen LogP contribution < -0.4 is 10.1 Å². The minimum absolute atomic E-state index is 0.152. The quantitative estimate of drug-likeness (QED) is 0.634. The molecule has 130 valence electrons. The van der Waals surface area contributed by atoms with Crippen LogP contribution in [0.1, 0.15) is 28.9 Å². The molecule has 0 aliphatic carbocycles. The van der Waals surface area contributed by atoms with E-state index in [4.69, 9.17) is 4.74 Å². The maximum absolute atomic E-state index is 12.3. The first kappa shape index (κ1) is 17.9. The van der Waals surface area contributed by atoms with Crippen molar-refractivity contribution in [2.24, 2.45) is 0 Å². The fraction of sp³-hybridized carbons (Fsp3) is 0.188. The number of nitrogens with one attached hydrogen (secondary N) is 1. The predicted molar refractivity (Wildman–Crippen MR) is 88.6 cm³/mol. The van der Waals surface area contributed by atoms with Gasteiger partial charge in [-0.25, -0.2) is 0 Å². The van der Waals surface area contributed by atoms with Crippen molar-refractivity contribution in [2.45, 2.75) is 13.0 Å². The highest BCUT2D eigenvalue weighted by Gasteiger charge is 2.21. The number of carbonyl (C=O) groups is 1. The van der Waals surface area contributed by atoms with Crippen LogP contribution >= 0.6 is 0 Å². The minimum atomic E-state index is -0.781. The average Bonchev–Trinajstić information content (AvgIpc) is 2.61. The first-order valence-electron chi connectivity index (χ1n) is 7.20. The molecule has 0 aliphatic heterocycles. The zero-order valence-electron chi connectivity index (χ0n) is 13.5. The SMILES string of the molecule is COc1ccc([C@@H](C)NC(=O)c2cc([N+](=O)[O-])cc([N+](=O)[O-])c2)cc1. The van der Waals surface area contributed by atoms with Crippen molar-refractivity contribution in [1.82, 2.24) is 5.32 Å². The second-order valence-corrected chi connectivity index (χ2v) is 5.22. The van der Waals surface area contributed by atoms with E-state index >= 15 is 0 Å². The Labute approximate surface area is 142 Å². The average molecular weight is 345 g/mol. The van der Waals surface area contributed by atoms with Gasteiger partial charge in [-0.15, -0.1) is 0 Å². The fourth-order valence-corrected chi connectivity index (χ4v) is 2.19. The van der Waals surface area contributed by atoms with E-state index in [1.54, 1.807) is 31.2 Å². The van der Waals surface area contributed by atoms with Crippen LogP contribution in [-0.2, 0) is 0 Å². The molecule has 25 heavy (non-hydrogen) atoms. The lowest BCUT2D eigenvalue weighted by Crippen LogP contribution is -2.26. The van der Waals surface area contributed by atoms with Crippen LogP contribution in [-0.4, -0.2) is 22.9 Å². The van der Waals surface area contributed by atoms with Crippen LogP contribution in [0.3, 0.4) is 0 Å². The summed E-state index contributed by atoms with van der Waals surface area (Å²) in [5, 5.41) is 24.4. The summed E-state index contributed by atoms with van der Waals surface area (Å²) in [6.45, 7) is 1.73. The fourth-order valence-electron chi connectivity index (χ4n) is 2.19. The maximum atomic E-state index is 12.3. The van der Waals surface area contributed by atoms with Crippen molar-refractivity contribution in [2.75, 3.05) is 7.11 Å². The summed E-state index contributed by atoms with van der Waals surface area (Å²) in [5.74, 6) is 0.0201. The third-order valence-corrected chi connectivity index (χ3v) is 3.55. The monoisotopic (exact) mass is 345 g/mol. The molecule has 0 fully saturated rings. The van der Waals surface area contributed by atoms with E-state index in [2.05, 4.69) is 5.32 Å². The third kappa shape index (κ3) is 4.28. The molecule has 1 N–H and O–H groups in total. The van der Waals surface area contributed by atoms with Crippen molar-refractivity contribution < 1.29 is 19.4 Å². The number of methoxy groups -OCH3 is 1. The summed E-state index contributed by atoms with van der Waals surface area (Å²) in [4.78, 5) is 32.5. The summed E-state index contributed by atoms with van der Waals surface area (Å²) in [7, 11) is 1.54. The van der Waals surface area contributed by atoms with Gasteiger partial charge in [0.05, 0.1) is 34.6 Å². The first-order chi connectivity index (χ1) is 11.8. The molecule has 0 heterocycles. The Hall–Kier alpha value is -3.49. The third-order valence-electron chi connectivity index (χ3n) is 3.55. The lowest BCUT2D eigenvalue weighted by molar-refractivity contribution is -0.394. The second kappa shape index (κ2) is 7.39. The molecule has 0 saturated carbocycles. The van der Waals surface area contributed by atoms with Gasteiger partial charge in [0.25, 0.3) is 17.3 Å². The van der Waals surface area contributed by atoms with Crippen LogP contribution in [0.15, 0.2) is 42.5 Å². The normalized spacial score (nSPS) is 11.4. The highest BCUT2D eigenvalue weighted by molar-refractivity contribution is 5.95. The molecule has 9 heteroatoms. The Bertz CT molecular complexity index is 787. The minimum Gasteiger partial charge on any atom is -0.497 e. The van der Waals surface area contributed by atoms with E-state index < -0.39 is 33.2 Å². The summed E-state index contributed by atoms with van der Waals surface area (Å²) in [6.07, 6.45) is 0. The Morgan fingerprint density at radius 3 is 2.00 bits per heavy atom. The number of benzene rings is 2. The Morgan fingerprint density at radius 2 is 1.56 bits per heavy atom. The summed E-state index contributed by atoms with van der Waals surface area (Å²) >= 11 is 0. The number of hydrogen-bond acceptors (Lipinski definition) is 6. The molecule has 9 nitrogen and oxygen atoms in total. The van der Waals surface area contributed by atoms with Gasteiger partial charge in [-0.1, -0.05) is 12.1 Å². The van der Waals surface area contributed by atoms with Gasteiger partial charge < -0.3 is 10.1 Å². The van der Waals surface area contributed by atoms with Gasteiger partial charge in [-0.05, 0) is 24.6 Å². The van der Waals surface area contributed by atoms with Gasteiger partial charge in [0.2, 0.25) is 0 Å². The van der Waals surface area contributed by atoms with E-state index in [9.17, 15) is 25.0 Å². The highest BCUT2D eigenvalue weighted by atomic mass is 16.6. The van der Waals surface area contributed by atoms with Gasteiger partial charge in [0.1, 0.15) is 5.75 Å². The van der Waals surface area contributed by atoms with Crippen LogP contribution in [0, 0.1) is 20.2 Å². The number of non-ortho nitro benzene ring substituents is 2. The largest absolute Gasteiger partial charge is 0.497 e. The van der Waals surface area contributed by atoms with E-state index in [1.807, 2.05) is 0 Å². The van der Waals surface area contributed by atoms with Gasteiger partial charge in [0, 0.05) is 12.1 Å². The number of rotatable bonds is 6. The van der Waals surface area contributed by atoms with Crippen LogP contribution in [0.25, 0.3) is 0 Å². The number of nitrogens with zero attached hydrogens (tertiary/aromatic N) is 2. The molecule has 0 aliphatic rings.